The van der Waals surface area contributed by atoms with Crippen molar-refractivity contribution in [2.24, 2.45) is 0 Å². The van der Waals surface area contributed by atoms with Crippen LogP contribution < -0.4 is 0 Å². The first kappa shape index (κ1) is 21.6. The second-order valence-corrected chi connectivity index (χ2v) is 8.65. The van der Waals surface area contributed by atoms with Crippen molar-refractivity contribution in [3.63, 3.8) is 0 Å². The molecule has 158 valence electrons. The van der Waals surface area contributed by atoms with Gasteiger partial charge in [-0.15, -0.1) is 0 Å². The van der Waals surface area contributed by atoms with Crippen LogP contribution in [0.5, 0.6) is 0 Å². The molecule has 1 aromatic heterocycles. The molecule has 3 aromatic rings. The summed E-state index contributed by atoms with van der Waals surface area (Å²) in [6, 6.07) is 9.99. The number of rotatable bonds is 6. The SMILES string of the molecule is CCc1ccc(C(=O)O)cc1S(=O)(=O)Cc1cc(C(F)(F)F)ccc1-c1ccc[nH]1. The third kappa shape index (κ3) is 4.40. The average Bonchev–Trinajstić information content (AvgIpc) is 3.20. The van der Waals surface area contributed by atoms with E-state index in [9.17, 15) is 31.5 Å². The fourth-order valence-electron chi connectivity index (χ4n) is 3.20. The number of aromatic nitrogens is 1. The predicted octanol–water partition coefficient (Wildman–Crippen LogP) is 4.94. The Morgan fingerprint density at radius 3 is 2.37 bits per heavy atom. The van der Waals surface area contributed by atoms with Crippen LogP contribution in [0.3, 0.4) is 0 Å². The van der Waals surface area contributed by atoms with Crippen LogP contribution in [-0.4, -0.2) is 24.5 Å². The molecule has 0 radical (unpaired) electrons. The van der Waals surface area contributed by atoms with Crippen molar-refractivity contribution in [3.05, 3.63) is 77.0 Å². The molecule has 0 aliphatic carbocycles. The molecular weight excluding hydrogens is 419 g/mol. The number of carbonyl (C=O) groups is 1. The number of carboxylic acids is 1. The molecule has 9 heteroatoms. The molecule has 5 nitrogen and oxygen atoms in total. The number of nitrogens with one attached hydrogen (secondary N) is 1. The summed E-state index contributed by atoms with van der Waals surface area (Å²) in [6.45, 7) is 1.71. The second-order valence-electron chi connectivity index (χ2n) is 6.69. The number of benzene rings is 2. The van der Waals surface area contributed by atoms with Gasteiger partial charge in [-0.25, -0.2) is 13.2 Å². The van der Waals surface area contributed by atoms with E-state index in [0.717, 1.165) is 18.2 Å². The van der Waals surface area contributed by atoms with Gasteiger partial charge in [0.05, 0.1) is 21.8 Å². The minimum atomic E-state index is -4.63. The van der Waals surface area contributed by atoms with Gasteiger partial charge in [0.25, 0.3) is 0 Å². The van der Waals surface area contributed by atoms with Crippen molar-refractivity contribution < 1.29 is 31.5 Å². The van der Waals surface area contributed by atoms with E-state index >= 15 is 0 Å². The summed E-state index contributed by atoms with van der Waals surface area (Å²) in [7, 11) is -4.13. The Kier molecular flexibility index (Phi) is 5.76. The molecule has 0 bridgehead atoms. The van der Waals surface area contributed by atoms with Crippen molar-refractivity contribution in [3.8, 4) is 11.3 Å². The first-order valence-corrected chi connectivity index (χ1v) is 10.6. The summed E-state index contributed by atoms with van der Waals surface area (Å²) in [5.74, 6) is -2.00. The molecule has 0 atom stereocenters. The Balaban J connectivity index is 2.15. The Morgan fingerprint density at radius 1 is 1.07 bits per heavy atom. The quantitative estimate of drug-likeness (QED) is 0.572. The van der Waals surface area contributed by atoms with Gasteiger partial charge >= 0.3 is 12.1 Å². The highest BCUT2D eigenvalue weighted by Gasteiger charge is 2.32. The molecule has 0 amide bonds. The summed E-state index contributed by atoms with van der Waals surface area (Å²) < 4.78 is 66.0. The van der Waals surface area contributed by atoms with E-state index in [4.69, 9.17) is 0 Å². The average molecular weight is 437 g/mol. The largest absolute Gasteiger partial charge is 0.478 e. The molecule has 0 saturated carbocycles. The summed E-state index contributed by atoms with van der Waals surface area (Å²) in [6.07, 6.45) is -2.73. The maximum Gasteiger partial charge on any atom is 0.416 e. The highest BCUT2D eigenvalue weighted by molar-refractivity contribution is 7.90. The lowest BCUT2D eigenvalue weighted by molar-refractivity contribution is -0.137. The van der Waals surface area contributed by atoms with Crippen LogP contribution in [0.25, 0.3) is 11.3 Å². The van der Waals surface area contributed by atoms with E-state index in [2.05, 4.69) is 4.98 Å². The number of alkyl halides is 3. The van der Waals surface area contributed by atoms with Crippen LogP contribution in [0.4, 0.5) is 13.2 Å². The van der Waals surface area contributed by atoms with Crippen molar-refractivity contribution >= 4 is 15.8 Å². The number of aromatic carboxylic acids is 1. The van der Waals surface area contributed by atoms with Crippen molar-refractivity contribution in [1.82, 2.24) is 4.98 Å². The molecule has 1 heterocycles. The van der Waals surface area contributed by atoms with Gasteiger partial charge in [-0.05, 0) is 53.9 Å². The molecule has 0 aliphatic heterocycles. The number of aryl methyl sites for hydroxylation is 1. The molecule has 0 spiro atoms. The zero-order valence-electron chi connectivity index (χ0n) is 15.8. The second kappa shape index (κ2) is 7.98. The Labute approximate surface area is 171 Å². The number of halogens is 3. The fourth-order valence-corrected chi connectivity index (χ4v) is 4.92. The van der Waals surface area contributed by atoms with Crippen molar-refractivity contribution in [2.45, 2.75) is 30.2 Å². The maximum absolute atomic E-state index is 13.2. The highest BCUT2D eigenvalue weighted by Crippen LogP contribution is 2.35. The third-order valence-corrected chi connectivity index (χ3v) is 6.44. The summed E-state index contributed by atoms with van der Waals surface area (Å²) in [5, 5.41) is 9.20. The van der Waals surface area contributed by atoms with Crippen molar-refractivity contribution in [1.29, 1.82) is 0 Å². The molecule has 0 aliphatic rings. The zero-order valence-corrected chi connectivity index (χ0v) is 16.6. The maximum atomic E-state index is 13.2. The first-order chi connectivity index (χ1) is 14.0. The standard InChI is InChI=1S/C21H18F3NO4S/c1-2-13-5-6-14(20(26)27)11-19(13)30(28,29)12-15-10-16(21(22,23)24)7-8-17(15)18-4-3-9-25-18/h3-11,25H,2,12H2,1H3,(H,26,27). The first-order valence-electron chi connectivity index (χ1n) is 8.96. The van der Waals surface area contributed by atoms with E-state index in [0.29, 0.717) is 23.2 Å². The van der Waals surface area contributed by atoms with Gasteiger partial charge in [-0.3, -0.25) is 0 Å². The van der Waals surface area contributed by atoms with E-state index in [1.807, 2.05) is 0 Å². The van der Waals surface area contributed by atoms with Crippen LogP contribution in [0, 0.1) is 0 Å². The van der Waals surface area contributed by atoms with Crippen LogP contribution in [0.1, 0.15) is 34.0 Å². The minimum Gasteiger partial charge on any atom is -0.478 e. The normalized spacial score (nSPS) is 12.1. The zero-order chi connectivity index (χ0) is 22.1. The predicted molar refractivity (Wildman–Crippen MR) is 105 cm³/mol. The van der Waals surface area contributed by atoms with Crippen LogP contribution in [-0.2, 0) is 28.2 Å². The molecule has 2 N–H and O–H groups in total. The lowest BCUT2D eigenvalue weighted by atomic mass is 10.0. The van der Waals surface area contributed by atoms with Gasteiger partial charge in [0.1, 0.15) is 0 Å². The molecular formula is C21H18F3NO4S. The Morgan fingerprint density at radius 2 is 1.80 bits per heavy atom. The third-order valence-electron chi connectivity index (χ3n) is 4.70. The van der Waals surface area contributed by atoms with Crippen molar-refractivity contribution in [2.75, 3.05) is 0 Å². The van der Waals surface area contributed by atoms with Gasteiger partial charge in [0.15, 0.2) is 9.84 Å². The molecule has 0 fully saturated rings. The molecule has 0 unspecified atom stereocenters. The number of H-pyrrole nitrogens is 1. The lowest BCUT2D eigenvalue weighted by Gasteiger charge is -2.15. The molecule has 3 rings (SSSR count). The highest BCUT2D eigenvalue weighted by atomic mass is 32.2. The van der Waals surface area contributed by atoms with Crippen LogP contribution in [0.2, 0.25) is 0 Å². The van der Waals surface area contributed by atoms with Gasteiger partial charge in [-0.2, -0.15) is 13.2 Å². The summed E-state index contributed by atoms with van der Waals surface area (Å²) in [4.78, 5) is 14.0. The van der Waals surface area contributed by atoms with E-state index in [1.165, 1.54) is 18.2 Å². The molecule has 2 aromatic carbocycles. The smallest absolute Gasteiger partial charge is 0.416 e. The topological polar surface area (TPSA) is 87.2 Å². The Bertz CT molecular complexity index is 1180. The van der Waals surface area contributed by atoms with Crippen LogP contribution >= 0.6 is 0 Å². The lowest BCUT2D eigenvalue weighted by Crippen LogP contribution is -2.12. The molecule has 0 saturated heterocycles. The van der Waals surface area contributed by atoms with E-state index in [-0.39, 0.29) is 16.0 Å². The number of aromatic amines is 1. The number of hydrogen-bond donors (Lipinski definition) is 2. The van der Waals surface area contributed by atoms with E-state index < -0.39 is 33.3 Å². The van der Waals surface area contributed by atoms with Crippen LogP contribution in [0.15, 0.2) is 59.6 Å². The number of sulfone groups is 1. The van der Waals surface area contributed by atoms with Gasteiger partial charge in [-0.1, -0.05) is 19.1 Å². The minimum absolute atomic E-state index is 0.0324. The molecule has 30 heavy (non-hydrogen) atoms. The number of carboxylic acid groups (broad SMARTS) is 1. The number of hydrogen-bond acceptors (Lipinski definition) is 3. The summed E-state index contributed by atoms with van der Waals surface area (Å²) >= 11 is 0. The van der Waals surface area contributed by atoms with Gasteiger partial charge in [0.2, 0.25) is 0 Å². The summed E-state index contributed by atoms with van der Waals surface area (Å²) in [5.41, 5.74) is -0.00573. The Hall–Kier alpha value is -3.07. The van der Waals surface area contributed by atoms with E-state index in [1.54, 1.807) is 25.3 Å². The fraction of sp³-hybridized carbons (Fsp3) is 0.190. The monoisotopic (exact) mass is 437 g/mol. The van der Waals surface area contributed by atoms with Gasteiger partial charge < -0.3 is 10.1 Å². The van der Waals surface area contributed by atoms with Gasteiger partial charge in [0, 0.05) is 17.5 Å².